The summed E-state index contributed by atoms with van der Waals surface area (Å²) in [5, 5.41) is 2.58. The smallest absolute Gasteiger partial charge is 0.303 e. The molecule has 0 spiro atoms. The topological polar surface area (TPSA) is 126 Å². The van der Waals surface area contributed by atoms with E-state index in [1.54, 1.807) is 0 Å². The lowest BCUT2D eigenvalue weighted by molar-refractivity contribution is -0.280. The fraction of sp³-hybridized carbons (Fsp3) is 0.733. The molecule has 1 aliphatic heterocycles. The van der Waals surface area contributed by atoms with Crippen LogP contribution < -0.4 is 5.32 Å². The van der Waals surface area contributed by atoms with E-state index in [-0.39, 0.29) is 6.61 Å². The maximum absolute atomic E-state index is 11.6. The minimum atomic E-state index is -1.11. The SMILES string of the molecule is CO[C@H]1O[C@H](COC(C)=O)[C@H](NC(C)=O)[C@H](OC(C)=O)[C@H]1OC(C)=O. The van der Waals surface area contributed by atoms with Gasteiger partial charge >= 0.3 is 17.9 Å². The van der Waals surface area contributed by atoms with Crippen LogP contribution in [0.4, 0.5) is 0 Å². The molecular weight excluding hydrogens is 338 g/mol. The number of carbonyl (C=O) groups is 4. The monoisotopic (exact) mass is 361 g/mol. The van der Waals surface area contributed by atoms with Crippen molar-refractivity contribution in [3.63, 3.8) is 0 Å². The molecule has 1 rings (SSSR count). The quantitative estimate of drug-likeness (QED) is 0.482. The fourth-order valence-corrected chi connectivity index (χ4v) is 2.49. The zero-order valence-electron chi connectivity index (χ0n) is 14.8. The Morgan fingerprint density at radius 3 is 1.92 bits per heavy atom. The molecular formula is C15H23NO9. The molecule has 0 saturated carbocycles. The van der Waals surface area contributed by atoms with E-state index in [0.717, 1.165) is 0 Å². The van der Waals surface area contributed by atoms with Crippen LogP contribution in [0.15, 0.2) is 0 Å². The van der Waals surface area contributed by atoms with Gasteiger partial charge < -0.3 is 29.0 Å². The number of hydrogen-bond donors (Lipinski definition) is 1. The number of hydrogen-bond acceptors (Lipinski definition) is 9. The summed E-state index contributed by atoms with van der Waals surface area (Å²) in [4.78, 5) is 45.5. The summed E-state index contributed by atoms with van der Waals surface area (Å²) in [7, 11) is 1.31. The van der Waals surface area contributed by atoms with Crippen molar-refractivity contribution in [2.75, 3.05) is 13.7 Å². The first kappa shape index (κ1) is 20.8. The van der Waals surface area contributed by atoms with Crippen LogP contribution in [0.25, 0.3) is 0 Å². The van der Waals surface area contributed by atoms with Crippen LogP contribution in [0.3, 0.4) is 0 Å². The Kier molecular flexibility index (Phi) is 7.78. The Morgan fingerprint density at radius 2 is 1.48 bits per heavy atom. The van der Waals surface area contributed by atoms with Crippen LogP contribution in [0.1, 0.15) is 27.7 Å². The zero-order chi connectivity index (χ0) is 19.1. The molecule has 0 aromatic heterocycles. The van der Waals surface area contributed by atoms with Gasteiger partial charge in [0.1, 0.15) is 12.7 Å². The Hall–Kier alpha value is -2.20. The fourth-order valence-electron chi connectivity index (χ4n) is 2.49. The summed E-state index contributed by atoms with van der Waals surface area (Å²) < 4.78 is 26.2. The molecule has 0 aliphatic carbocycles. The highest BCUT2D eigenvalue weighted by Gasteiger charge is 2.50. The standard InChI is InChI=1S/C15H23NO9/c1-7(17)16-12-11(6-22-8(2)18)25-15(21-5)14(24-10(4)20)13(12)23-9(3)19/h11-15H,6H2,1-5H3,(H,16,17)/t11-,12+,13+,14-,15+/m1/s1. The molecule has 1 aliphatic rings. The zero-order valence-corrected chi connectivity index (χ0v) is 14.8. The number of nitrogens with one attached hydrogen (secondary N) is 1. The molecule has 1 saturated heterocycles. The second kappa shape index (κ2) is 9.33. The molecule has 10 nitrogen and oxygen atoms in total. The van der Waals surface area contributed by atoms with Crippen LogP contribution in [0, 0.1) is 0 Å². The summed E-state index contributed by atoms with van der Waals surface area (Å²) >= 11 is 0. The lowest BCUT2D eigenvalue weighted by Crippen LogP contribution is -2.66. The highest BCUT2D eigenvalue weighted by atomic mass is 16.7. The van der Waals surface area contributed by atoms with E-state index in [1.807, 2.05) is 0 Å². The number of esters is 3. The largest absolute Gasteiger partial charge is 0.463 e. The average molecular weight is 361 g/mol. The van der Waals surface area contributed by atoms with Crippen molar-refractivity contribution in [1.82, 2.24) is 5.32 Å². The van der Waals surface area contributed by atoms with E-state index in [0.29, 0.717) is 0 Å². The highest BCUT2D eigenvalue weighted by Crippen LogP contribution is 2.27. The molecule has 1 amide bonds. The van der Waals surface area contributed by atoms with Crippen molar-refractivity contribution in [1.29, 1.82) is 0 Å². The number of carbonyl (C=O) groups excluding carboxylic acids is 4. The maximum Gasteiger partial charge on any atom is 0.303 e. The first-order valence-electron chi connectivity index (χ1n) is 7.58. The first-order valence-corrected chi connectivity index (χ1v) is 7.58. The van der Waals surface area contributed by atoms with Gasteiger partial charge in [-0.15, -0.1) is 0 Å². The van der Waals surface area contributed by atoms with Crippen molar-refractivity contribution in [3.8, 4) is 0 Å². The van der Waals surface area contributed by atoms with Gasteiger partial charge in [-0.3, -0.25) is 19.2 Å². The third-order valence-electron chi connectivity index (χ3n) is 3.31. The van der Waals surface area contributed by atoms with Crippen LogP contribution in [-0.4, -0.2) is 68.2 Å². The Bertz CT molecular complexity index is 521. The van der Waals surface area contributed by atoms with Crippen molar-refractivity contribution in [2.24, 2.45) is 0 Å². The Morgan fingerprint density at radius 1 is 0.920 bits per heavy atom. The summed E-state index contributed by atoms with van der Waals surface area (Å²) in [6.07, 6.45) is -4.17. The van der Waals surface area contributed by atoms with E-state index in [1.165, 1.54) is 34.8 Å². The van der Waals surface area contributed by atoms with E-state index in [9.17, 15) is 19.2 Å². The predicted molar refractivity (Wildman–Crippen MR) is 81.0 cm³/mol. The molecule has 1 N–H and O–H groups in total. The first-order chi connectivity index (χ1) is 11.6. The third kappa shape index (κ3) is 6.31. The van der Waals surface area contributed by atoms with Crippen molar-refractivity contribution in [2.45, 2.75) is 58.3 Å². The molecule has 25 heavy (non-hydrogen) atoms. The average Bonchev–Trinajstić information content (AvgIpc) is 2.48. The van der Waals surface area contributed by atoms with Crippen LogP contribution in [0.5, 0.6) is 0 Å². The molecule has 5 atom stereocenters. The number of rotatable bonds is 6. The van der Waals surface area contributed by atoms with Crippen molar-refractivity contribution >= 4 is 23.8 Å². The molecule has 0 radical (unpaired) electrons. The van der Waals surface area contributed by atoms with Gasteiger partial charge in [-0.2, -0.15) is 0 Å². The van der Waals surface area contributed by atoms with Gasteiger partial charge in [-0.05, 0) is 0 Å². The van der Waals surface area contributed by atoms with E-state index in [4.69, 9.17) is 23.7 Å². The van der Waals surface area contributed by atoms with Crippen molar-refractivity contribution < 1.29 is 42.9 Å². The minimum Gasteiger partial charge on any atom is -0.463 e. The number of ether oxygens (including phenoxy) is 5. The second-order valence-electron chi connectivity index (χ2n) is 5.46. The third-order valence-corrected chi connectivity index (χ3v) is 3.31. The van der Waals surface area contributed by atoms with Gasteiger partial charge in [0.15, 0.2) is 18.5 Å². The molecule has 0 bridgehead atoms. The highest BCUT2D eigenvalue weighted by molar-refractivity contribution is 5.73. The summed E-state index contributed by atoms with van der Waals surface area (Å²) in [6, 6.07) is -0.920. The molecule has 142 valence electrons. The van der Waals surface area contributed by atoms with Gasteiger partial charge in [-0.25, -0.2) is 0 Å². The molecule has 0 unspecified atom stereocenters. The maximum atomic E-state index is 11.6. The predicted octanol–water partition coefficient (Wildman–Crippen LogP) is -0.711. The number of amides is 1. The molecule has 1 fully saturated rings. The summed E-state index contributed by atoms with van der Waals surface area (Å²) in [6.45, 7) is 4.61. The molecule has 10 heteroatoms. The summed E-state index contributed by atoms with van der Waals surface area (Å²) in [5.41, 5.74) is 0. The normalized spacial score (nSPS) is 28.6. The number of methoxy groups -OCH3 is 1. The lowest BCUT2D eigenvalue weighted by Gasteiger charge is -2.44. The van der Waals surface area contributed by atoms with Crippen molar-refractivity contribution in [3.05, 3.63) is 0 Å². The molecule has 0 aromatic carbocycles. The van der Waals surface area contributed by atoms with E-state index < -0.39 is 54.5 Å². The molecule has 0 aromatic rings. The van der Waals surface area contributed by atoms with Gasteiger partial charge in [-0.1, -0.05) is 0 Å². The van der Waals surface area contributed by atoms with E-state index >= 15 is 0 Å². The van der Waals surface area contributed by atoms with Crippen LogP contribution in [0.2, 0.25) is 0 Å². The lowest BCUT2D eigenvalue weighted by atomic mass is 9.95. The van der Waals surface area contributed by atoms with E-state index in [2.05, 4.69) is 5.32 Å². The van der Waals surface area contributed by atoms with Gasteiger partial charge in [0.05, 0.1) is 6.04 Å². The van der Waals surface area contributed by atoms with Crippen LogP contribution in [-0.2, 0) is 42.9 Å². The summed E-state index contributed by atoms with van der Waals surface area (Å²) in [5.74, 6) is -2.28. The molecule has 1 heterocycles. The Labute approximate surface area is 145 Å². The second-order valence-corrected chi connectivity index (χ2v) is 5.46. The van der Waals surface area contributed by atoms with Gasteiger partial charge in [0, 0.05) is 34.8 Å². The minimum absolute atomic E-state index is 0.218. The van der Waals surface area contributed by atoms with Crippen LogP contribution >= 0.6 is 0 Å². The Balaban J connectivity index is 3.18. The van der Waals surface area contributed by atoms with Gasteiger partial charge in [0.2, 0.25) is 5.91 Å². The van der Waals surface area contributed by atoms with Gasteiger partial charge in [0.25, 0.3) is 0 Å².